The molecule has 1 amide bonds. The summed E-state index contributed by atoms with van der Waals surface area (Å²) < 4.78 is 0. The van der Waals surface area contributed by atoms with Crippen LogP contribution < -0.4 is 10.6 Å². The molecule has 0 saturated carbocycles. The maximum Gasteiger partial charge on any atom is 0.273 e. The Morgan fingerprint density at radius 3 is 2.19 bits per heavy atom. The molecule has 6 nitrogen and oxygen atoms in total. The van der Waals surface area contributed by atoms with Gasteiger partial charge in [-0.1, -0.05) is 12.1 Å². The lowest BCUT2D eigenvalue weighted by Crippen LogP contribution is -2.23. The molecular weight excluding hydrogens is 266 g/mol. The Hall–Kier alpha value is -2.47. The van der Waals surface area contributed by atoms with Crippen LogP contribution in [0.1, 0.15) is 16.1 Å². The first kappa shape index (κ1) is 14.9. The molecule has 0 aliphatic rings. The number of carbonyl (C=O) groups is 1. The van der Waals surface area contributed by atoms with Gasteiger partial charge in [0.15, 0.2) is 11.5 Å². The van der Waals surface area contributed by atoms with Crippen molar-refractivity contribution in [1.29, 1.82) is 0 Å². The average molecular weight is 285 g/mol. The molecule has 1 aromatic heterocycles. The zero-order valence-electron chi connectivity index (χ0n) is 12.4. The number of amides is 1. The van der Waals surface area contributed by atoms with E-state index in [2.05, 4.69) is 10.2 Å². The van der Waals surface area contributed by atoms with Gasteiger partial charge >= 0.3 is 0 Å². The van der Waals surface area contributed by atoms with Gasteiger partial charge in [-0.3, -0.25) is 4.79 Å². The number of nitrogens with zero attached hydrogens (tertiary/aromatic N) is 4. The van der Waals surface area contributed by atoms with Gasteiger partial charge in [0.05, 0.1) is 0 Å². The van der Waals surface area contributed by atoms with Gasteiger partial charge in [-0.15, -0.1) is 10.2 Å². The first-order valence-electron chi connectivity index (χ1n) is 6.61. The Bertz CT molecular complexity index is 607. The Labute approximate surface area is 124 Å². The van der Waals surface area contributed by atoms with Crippen LogP contribution in [0.2, 0.25) is 0 Å². The fraction of sp³-hybridized carbons (Fsp3) is 0.267. The average Bonchev–Trinajstić information content (AvgIpc) is 2.53. The van der Waals surface area contributed by atoms with Crippen molar-refractivity contribution in [3.05, 3.63) is 47.7 Å². The number of carbonyl (C=O) groups excluding carboxylic acids is 1. The molecule has 0 fully saturated rings. The molecule has 2 N–H and O–H groups in total. The lowest BCUT2D eigenvalue weighted by molar-refractivity contribution is 0.0821. The highest BCUT2D eigenvalue weighted by Crippen LogP contribution is 2.21. The Morgan fingerprint density at radius 1 is 1.05 bits per heavy atom. The summed E-state index contributed by atoms with van der Waals surface area (Å²) in [6.45, 7) is 0.519. The third-order valence-electron chi connectivity index (χ3n) is 3.18. The van der Waals surface area contributed by atoms with E-state index in [0.29, 0.717) is 18.1 Å². The predicted octanol–water partition coefficient (Wildman–Crippen LogP) is 1.40. The lowest BCUT2D eigenvalue weighted by Gasteiger charge is -2.18. The van der Waals surface area contributed by atoms with Crippen molar-refractivity contribution < 1.29 is 4.79 Å². The van der Waals surface area contributed by atoms with E-state index in [-0.39, 0.29) is 5.91 Å². The smallest absolute Gasteiger partial charge is 0.273 e. The van der Waals surface area contributed by atoms with E-state index in [0.717, 1.165) is 11.3 Å². The number of hydrogen-bond donors (Lipinski definition) is 1. The summed E-state index contributed by atoms with van der Waals surface area (Å²) in [5.74, 6) is 0.509. The molecule has 0 atom stereocenters. The van der Waals surface area contributed by atoms with E-state index in [1.165, 1.54) is 4.90 Å². The Kier molecular flexibility index (Phi) is 4.49. The highest BCUT2D eigenvalue weighted by molar-refractivity contribution is 5.91. The SMILES string of the molecule is CN(C)C(=O)c1ccc(N(C)c2ccc(CN)cc2)nn1. The molecule has 0 aliphatic carbocycles. The maximum absolute atomic E-state index is 11.8. The highest BCUT2D eigenvalue weighted by Gasteiger charge is 2.12. The van der Waals surface area contributed by atoms with Crippen LogP contribution in [-0.4, -0.2) is 42.1 Å². The lowest BCUT2D eigenvalue weighted by atomic mass is 10.2. The highest BCUT2D eigenvalue weighted by atomic mass is 16.2. The van der Waals surface area contributed by atoms with Gasteiger partial charge in [-0.05, 0) is 29.8 Å². The number of nitrogens with two attached hydrogens (primary N) is 1. The standard InChI is InChI=1S/C15H19N5O/c1-19(2)15(21)13-8-9-14(18-17-13)20(3)12-6-4-11(10-16)5-7-12/h4-9H,10,16H2,1-3H3. The third kappa shape index (κ3) is 3.35. The van der Waals surface area contributed by atoms with Gasteiger partial charge in [0.25, 0.3) is 5.91 Å². The summed E-state index contributed by atoms with van der Waals surface area (Å²) in [6, 6.07) is 11.4. The van der Waals surface area contributed by atoms with E-state index in [1.54, 1.807) is 26.2 Å². The summed E-state index contributed by atoms with van der Waals surface area (Å²) >= 11 is 0. The van der Waals surface area contributed by atoms with Crippen LogP contribution in [0.15, 0.2) is 36.4 Å². The first-order valence-corrected chi connectivity index (χ1v) is 6.61. The van der Waals surface area contributed by atoms with Crippen LogP contribution in [-0.2, 0) is 6.54 Å². The van der Waals surface area contributed by atoms with Crippen LogP contribution in [0.5, 0.6) is 0 Å². The molecule has 0 bridgehead atoms. The van der Waals surface area contributed by atoms with E-state index in [1.807, 2.05) is 36.2 Å². The van der Waals surface area contributed by atoms with Crippen LogP contribution in [0, 0.1) is 0 Å². The zero-order chi connectivity index (χ0) is 15.4. The number of hydrogen-bond acceptors (Lipinski definition) is 5. The molecule has 1 heterocycles. The monoisotopic (exact) mass is 285 g/mol. The van der Waals surface area contributed by atoms with Crippen LogP contribution in [0.25, 0.3) is 0 Å². The molecule has 0 saturated heterocycles. The normalized spacial score (nSPS) is 10.3. The van der Waals surface area contributed by atoms with Crippen molar-refractivity contribution in [2.45, 2.75) is 6.54 Å². The van der Waals surface area contributed by atoms with Gasteiger partial charge in [0, 0.05) is 33.4 Å². The molecular formula is C15H19N5O. The van der Waals surface area contributed by atoms with Crippen molar-refractivity contribution >= 4 is 17.4 Å². The summed E-state index contributed by atoms with van der Waals surface area (Å²) in [5, 5.41) is 8.08. The minimum Gasteiger partial charge on any atom is -0.343 e. The van der Waals surface area contributed by atoms with Gasteiger partial charge in [0.2, 0.25) is 0 Å². The van der Waals surface area contributed by atoms with E-state index in [4.69, 9.17) is 5.73 Å². The minimum atomic E-state index is -0.163. The summed E-state index contributed by atoms with van der Waals surface area (Å²) in [6.07, 6.45) is 0. The molecule has 0 spiro atoms. The largest absolute Gasteiger partial charge is 0.343 e. The molecule has 2 aromatic rings. The molecule has 1 aromatic carbocycles. The molecule has 21 heavy (non-hydrogen) atoms. The fourth-order valence-corrected chi connectivity index (χ4v) is 1.84. The van der Waals surface area contributed by atoms with Crippen molar-refractivity contribution in [1.82, 2.24) is 15.1 Å². The van der Waals surface area contributed by atoms with E-state index < -0.39 is 0 Å². The molecule has 0 radical (unpaired) electrons. The van der Waals surface area contributed by atoms with Crippen molar-refractivity contribution in [3.8, 4) is 0 Å². The number of rotatable bonds is 4. The van der Waals surface area contributed by atoms with E-state index >= 15 is 0 Å². The van der Waals surface area contributed by atoms with Crippen molar-refractivity contribution in [2.24, 2.45) is 5.73 Å². The second-order valence-electron chi connectivity index (χ2n) is 4.91. The molecule has 2 rings (SSSR count). The number of aromatic nitrogens is 2. The number of anilines is 2. The van der Waals surface area contributed by atoms with Gasteiger partial charge in [-0.2, -0.15) is 0 Å². The van der Waals surface area contributed by atoms with Crippen molar-refractivity contribution in [2.75, 3.05) is 26.0 Å². The topological polar surface area (TPSA) is 75.4 Å². The second-order valence-corrected chi connectivity index (χ2v) is 4.91. The summed E-state index contributed by atoms with van der Waals surface area (Å²) in [5.41, 5.74) is 7.97. The Morgan fingerprint density at radius 2 is 1.71 bits per heavy atom. The van der Waals surface area contributed by atoms with Crippen LogP contribution in [0.4, 0.5) is 11.5 Å². The maximum atomic E-state index is 11.8. The van der Waals surface area contributed by atoms with Crippen LogP contribution >= 0.6 is 0 Å². The predicted molar refractivity (Wildman–Crippen MR) is 82.4 cm³/mol. The molecule has 0 aliphatic heterocycles. The molecule has 0 unspecified atom stereocenters. The minimum absolute atomic E-state index is 0.163. The first-order chi connectivity index (χ1) is 10.0. The number of benzene rings is 1. The molecule has 110 valence electrons. The quantitative estimate of drug-likeness (QED) is 0.919. The molecule has 6 heteroatoms. The van der Waals surface area contributed by atoms with Crippen molar-refractivity contribution in [3.63, 3.8) is 0 Å². The van der Waals surface area contributed by atoms with E-state index in [9.17, 15) is 4.79 Å². The zero-order valence-corrected chi connectivity index (χ0v) is 12.4. The van der Waals surface area contributed by atoms with Gasteiger partial charge < -0.3 is 15.5 Å². The van der Waals surface area contributed by atoms with Gasteiger partial charge in [-0.25, -0.2) is 0 Å². The second kappa shape index (κ2) is 6.32. The van der Waals surface area contributed by atoms with Crippen LogP contribution in [0.3, 0.4) is 0 Å². The summed E-state index contributed by atoms with van der Waals surface area (Å²) in [4.78, 5) is 15.1. The third-order valence-corrected chi connectivity index (χ3v) is 3.18. The summed E-state index contributed by atoms with van der Waals surface area (Å²) in [7, 11) is 5.26. The van der Waals surface area contributed by atoms with Gasteiger partial charge in [0.1, 0.15) is 0 Å². The Balaban J connectivity index is 2.19. The fourth-order valence-electron chi connectivity index (χ4n) is 1.84.